The summed E-state index contributed by atoms with van der Waals surface area (Å²) >= 11 is 6.16. The maximum absolute atomic E-state index is 13.7. The van der Waals surface area contributed by atoms with Gasteiger partial charge in [-0.15, -0.1) is 0 Å². The van der Waals surface area contributed by atoms with E-state index < -0.39 is 23.5 Å². The normalized spacial score (nSPS) is 17.9. The maximum atomic E-state index is 13.7. The first kappa shape index (κ1) is 23.7. The summed E-state index contributed by atoms with van der Waals surface area (Å²) in [5.41, 5.74) is 2.87. The number of aliphatic hydroxyl groups excluding tert-OH is 1. The van der Waals surface area contributed by atoms with Gasteiger partial charge in [-0.1, -0.05) is 62.7 Å². The topological polar surface area (TPSA) is 57.6 Å². The maximum Gasteiger partial charge on any atom is 0.300 e. The molecule has 6 heteroatoms. The van der Waals surface area contributed by atoms with E-state index in [1.54, 1.807) is 24.3 Å². The van der Waals surface area contributed by atoms with Crippen molar-refractivity contribution in [3.63, 3.8) is 0 Å². The molecule has 0 spiro atoms. The minimum atomic E-state index is -0.947. The van der Waals surface area contributed by atoms with Crippen LogP contribution in [0.15, 0.2) is 72.3 Å². The Morgan fingerprint density at radius 3 is 2.29 bits per heavy atom. The van der Waals surface area contributed by atoms with Gasteiger partial charge in [-0.25, -0.2) is 4.39 Å². The Bertz CT molecular complexity index is 1320. The van der Waals surface area contributed by atoms with E-state index in [9.17, 15) is 19.1 Å². The largest absolute Gasteiger partial charge is 0.507 e. The predicted octanol–water partition coefficient (Wildman–Crippen LogP) is 6.71. The average Bonchev–Trinajstić information content (AvgIpc) is 3.04. The SMILES string of the molecule is Cc1ccc(C(C)(C)C)cc1/C(O)=C1\C(=O)C(=O)N(c2cccc(Cl)c2)C1c1ccc(F)cc1. The third-order valence-corrected chi connectivity index (χ3v) is 6.31. The number of ketones is 1. The fourth-order valence-electron chi connectivity index (χ4n) is 4.17. The number of carbonyl (C=O) groups excluding carboxylic acids is 2. The van der Waals surface area contributed by atoms with Gasteiger partial charge in [-0.2, -0.15) is 0 Å². The number of carbonyl (C=O) groups is 2. The van der Waals surface area contributed by atoms with E-state index in [1.165, 1.54) is 29.2 Å². The van der Waals surface area contributed by atoms with Gasteiger partial charge in [0.05, 0.1) is 11.6 Å². The second kappa shape index (κ2) is 8.73. The lowest BCUT2D eigenvalue weighted by atomic mass is 9.84. The zero-order chi connectivity index (χ0) is 24.8. The van der Waals surface area contributed by atoms with E-state index in [4.69, 9.17) is 11.6 Å². The molecule has 0 radical (unpaired) electrons. The van der Waals surface area contributed by atoms with Crippen molar-refractivity contribution in [1.82, 2.24) is 0 Å². The molecule has 1 aliphatic heterocycles. The number of aryl methyl sites for hydroxylation is 1. The van der Waals surface area contributed by atoms with E-state index in [0.717, 1.165) is 11.1 Å². The molecule has 3 aromatic carbocycles. The number of rotatable bonds is 3. The van der Waals surface area contributed by atoms with Crippen LogP contribution in [0.25, 0.3) is 5.76 Å². The van der Waals surface area contributed by atoms with Crippen molar-refractivity contribution in [2.75, 3.05) is 4.90 Å². The second-order valence-electron chi connectivity index (χ2n) is 9.48. The van der Waals surface area contributed by atoms with Gasteiger partial charge in [0, 0.05) is 16.3 Å². The Morgan fingerprint density at radius 1 is 1.00 bits per heavy atom. The van der Waals surface area contributed by atoms with Crippen molar-refractivity contribution in [2.45, 2.75) is 39.2 Å². The molecule has 3 aromatic rings. The van der Waals surface area contributed by atoms with Crippen LogP contribution in [0.1, 0.15) is 49.1 Å². The molecular formula is C28H25ClFNO3. The van der Waals surface area contributed by atoms with Crippen LogP contribution in [0.2, 0.25) is 5.02 Å². The number of halogens is 2. The van der Waals surface area contributed by atoms with E-state index >= 15 is 0 Å². The molecule has 0 bridgehead atoms. The quantitative estimate of drug-likeness (QED) is 0.259. The van der Waals surface area contributed by atoms with Crippen LogP contribution >= 0.6 is 11.6 Å². The highest BCUT2D eigenvalue weighted by molar-refractivity contribution is 6.51. The highest BCUT2D eigenvalue weighted by Gasteiger charge is 2.47. The summed E-state index contributed by atoms with van der Waals surface area (Å²) in [5.74, 6) is -2.31. The molecule has 34 heavy (non-hydrogen) atoms. The van der Waals surface area contributed by atoms with E-state index in [0.29, 0.717) is 21.8 Å². The number of hydrogen-bond donors (Lipinski definition) is 1. The Morgan fingerprint density at radius 2 is 1.68 bits per heavy atom. The number of benzene rings is 3. The lowest BCUT2D eigenvalue weighted by Crippen LogP contribution is -2.29. The van der Waals surface area contributed by atoms with Crippen LogP contribution in [0, 0.1) is 12.7 Å². The predicted molar refractivity (Wildman–Crippen MR) is 133 cm³/mol. The number of hydrogen-bond acceptors (Lipinski definition) is 3. The van der Waals surface area contributed by atoms with Gasteiger partial charge in [-0.3, -0.25) is 14.5 Å². The molecule has 4 nitrogen and oxygen atoms in total. The fourth-order valence-corrected chi connectivity index (χ4v) is 4.36. The number of nitrogens with zero attached hydrogens (tertiary/aromatic N) is 1. The molecule has 0 saturated carbocycles. The molecule has 4 rings (SSSR count). The number of anilines is 1. The lowest BCUT2D eigenvalue weighted by Gasteiger charge is -2.26. The molecule has 0 aromatic heterocycles. The van der Waals surface area contributed by atoms with Crippen molar-refractivity contribution < 1.29 is 19.1 Å². The van der Waals surface area contributed by atoms with Gasteiger partial charge in [0.1, 0.15) is 11.6 Å². The molecule has 1 aliphatic rings. The highest BCUT2D eigenvalue weighted by Crippen LogP contribution is 2.43. The van der Waals surface area contributed by atoms with Crippen LogP contribution in [-0.2, 0) is 15.0 Å². The Kier molecular flexibility index (Phi) is 6.09. The minimum Gasteiger partial charge on any atom is -0.507 e. The summed E-state index contributed by atoms with van der Waals surface area (Å²) < 4.78 is 13.7. The first-order valence-corrected chi connectivity index (χ1v) is 11.3. The lowest BCUT2D eigenvalue weighted by molar-refractivity contribution is -0.132. The molecule has 0 aliphatic carbocycles. The molecule has 1 unspecified atom stereocenters. The van der Waals surface area contributed by atoms with Crippen LogP contribution in [0.4, 0.5) is 10.1 Å². The summed E-state index contributed by atoms with van der Waals surface area (Å²) in [5, 5.41) is 11.9. The van der Waals surface area contributed by atoms with Crippen molar-refractivity contribution in [3.05, 3.63) is 105 Å². The summed E-state index contributed by atoms with van der Waals surface area (Å²) in [6.07, 6.45) is 0. The van der Waals surface area contributed by atoms with E-state index in [1.807, 2.05) is 25.1 Å². The van der Waals surface area contributed by atoms with Crippen molar-refractivity contribution in [3.8, 4) is 0 Å². The van der Waals surface area contributed by atoms with Gasteiger partial charge >= 0.3 is 0 Å². The molecule has 1 heterocycles. The molecular weight excluding hydrogens is 453 g/mol. The number of Topliss-reactive ketones (excluding diaryl/α,β-unsaturated/α-hetero) is 1. The zero-order valence-electron chi connectivity index (χ0n) is 19.4. The molecule has 174 valence electrons. The standard InChI is InChI=1S/C28H25ClFNO3/c1-16-8-11-18(28(2,3)4)14-22(16)25(32)23-24(17-9-12-20(30)13-10-17)31(27(34)26(23)33)21-7-5-6-19(29)15-21/h5-15,24,32H,1-4H3/b25-23+. The molecule has 1 fully saturated rings. The second-order valence-corrected chi connectivity index (χ2v) is 9.92. The molecule has 1 amide bonds. The molecule has 1 atom stereocenters. The third kappa shape index (κ3) is 4.24. The highest BCUT2D eigenvalue weighted by atomic mass is 35.5. The van der Waals surface area contributed by atoms with Crippen LogP contribution in [-0.4, -0.2) is 16.8 Å². The van der Waals surface area contributed by atoms with Crippen molar-refractivity contribution in [2.24, 2.45) is 0 Å². The summed E-state index contributed by atoms with van der Waals surface area (Å²) in [6.45, 7) is 8.00. The van der Waals surface area contributed by atoms with Gasteiger partial charge < -0.3 is 5.11 Å². The van der Waals surface area contributed by atoms with Crippen molar-refractivity contribution in [1.29, 1.82) is 0 Å². The molecule has 1 saturated heterocycles. The smallest absolute Gasteiger partial charge is 0.300 e. The summed E-state index contributed by atoms with van der Waals surface area (Å²) in [4.78, 5) is 27.9. The first-order chi connectivity index (χ1) is 16.0. The van der Waals surface area contributed by atoms with Gasteiger partial charge in [-0.05, 0) is 65.4 Å². The molecule has 1 N–H and O–H groups in total. The first-order valence-electron chi connectivity index (χ1n) is 10.9. The van der Waals surface area contributed by atoms with Crippen LogP contribution < -0.4 is 4.90 Å². The minimum absolute atomic E-state index is 0.0502. The van der Waals surface area contributed by atoms with Gasteiger partial charge in [0.15, 0.2) is 0 Å². The monoisotopic (exact) mass is 477 g/mol. The van der Waals surface area contributed by atoms with Crippen molar-refractivity contribution >= 4 is 34.7 Å². The zero-order valence-corrected chi connectivity index (χ0v) is 20.2. The fraction of sp³-hybridized carbons (Fsp3) is 0.214. The Labute approximate surface area is 203 Å². The Balaban J connectivity index is 1.98. The summed E-state index contributed by atoms with van der Waals surface area (Å²) in [6, 6.07) is 16.9. The van der Waals surface area contributed by atoms with Gasteiger partial charge in [0.2, 0.25) is 0 Å². The number of aliphatic hydroxyl groups is 1. The summed E-state index contributed by atoms with van der Waals surface area (Å²) in [7, 11) is 0. The van der Waals surface area contributed by atoms with E-state index in [2.05, 4.69) is 20.8 Å². The average molecular weight is 478 g/mol. The Hall–Kier alpha value is -3.44. The van der Waals surface area contributed by atoms with Crippen LogP contribution in [0.5, 0.6) is 0 Å². The van der Waals surface area contributed by atoms with E-state index in [-0.39, 0.29) is 16.7 Å². The van der Waals surface area contributed by atoms with Gasteiger partial charge in [0.25, 0.3) is 11.7 Å². The number of amides is 1. The van der Waals surface area contributed by atoms with Crippen LogP contribution in [0.3, 0.4) is 0 Å². The third-order valence-electron chi connectivity index (χ3n) is 6.08.